The van der Waals surface area contributed by atoms with Crippen molar-refractivity contribution in [3.8, 4) is 0 Å². The van der Waals surface area contributed by atoms with Crippen molar-refractivity contribution in [3.05, 3.63) is 33.6 Å². The van der Waals surface area contributed by atoms with E-state index in [0.717, 1.165) is 12.5 Å². The zero-order chi connectivity index (χ0) is 14.6. The molecule has 1 aromatic rings. The lowest BCUT2D eigenvalue weighted by Gasteiger charge is -2.10. The maximum atomic E-state index is 13.2. The highest BCUT2D eigenvalue weighted by Gasteiger charge is 2.22. The van der Waals surface area contributed by atoms with Crippen LogP contribution in [-0.2, 0) is 0 Å². The normalized spacial score (nSPS) is 11.9. The number of halogens is 1. The summed E-state index contributed by atoms with van der Waals surface area (Å²) in [7, 11) is 0. The second kappa shape index (κ2) is 6.12. The van der Waals surface area contributed by atoms with E-state index in [0.29, 0.717) is 12.6 Å². The fraction of sp³-hybridized carbons (Fsp3) is 0.417. The molecule has 0 aliphatic rings. The number of nitro benzene ring substituents is 1. The van der Waals surface area contributed by atoms with Gasteiger partial charge >= 0.3 is 0 Å². The van der Waals surface area contributed by atoms with Crippen LogP contribution in [-0.4, -0.2) is 17.4 Å². The number of carbonyl (C=O) groups excluding carboxylic acids is 1. The lowest BCUT2D eigenvalue weighted by atomic mass is 10.1. The molecule has 0 aromatic heterocycles. The van der Waals surface area contributed by atoms with Crippen molar-refractivity contribution in [2.75, 3.05) is 12.3 Å². The highest BCUT2D eigenvalue weighted by Crippen LogP contribution is 2.24. The van der Waals surface area contributed by atoms with Crippen LogP contribution in [0.25, 0.3) is 0 Å². The topological polar surface area (TPSA) is 98.3 Å². The Labute approximate surface area is 109 Å². The lowest BCUT2D eigenvalue weighted by molar-refractivity contribution is -0.385. The second-order valence-electron chi connectivity index (χ2n) is 4.37. The molecule has 1 aromatic carbocycles. The first kappa shape index (κ1) is 14.9. The van der Waals surface area contributed by atoms with Crippen LogP contribution >= 0.6 is 0 Å². The third kappa shape index (κ3) is 3.64. The highest BCUT2D eigenvalue weighted by atomic mass is 19.1. The number of carbonyl (C=O) groups is 1. The summed E-state index contributed by atoms with van der Waals surface area (Å²) in [5.41, 5.74) is 4.22. The van der Waals surface area contributed by atoms with Gasteiger partial charge < -0.3 is 11.1 Å². The number of anilines is 1. The van der Waals surface area contributed by atoms with Gasteiger partial charge in [-0.05, 0) is 12.0 Å². The Bertz CT molecular complexity index is 505. The van der Waals surface area contributed by atoms with Crippen LogP contribution in [0.1, 0.15) is 30.6 Å². The minimum absolute atomic E-state index is 0.229. The smallest absolute Gasteiger partial charge is 0.285 e. The fourth-order valence-corrected chi connectivity index (χ4v) is 1.42. The number of nitrogens with two attached hydrogens (primary N) is 1. The number of amides is 1. The average molecular weight is 269 g/mol. The molecule has 0 heterocycles. The number of nitro groups is 1. The van der Waals surface area contributed by atoms with Crippen LogP contribution in [0.4, 0.5) is 15.8 Å². The molecule has 0 radical (unpaired) electrons. The van der Waals surface area contributed by atoms with Gasteiger partial charge in [0, 0.05) is 6.54 Å². The van der Waals surface area contributed by atoms with Gasteiger partial charge in [0.1, 0.15) is 5.56 Å². The molecule has 1 rings (SSSR count). The largest absolute Gasteiger partial charge is 0.396 e. The van der Waals surface area contributed by atoms with Crippen LogP contribution in [0.15, 0.2) is 12.1 Å². The third-order valence-corrected chi connectivity index (χ3v) is 2.86. The van der Waals surface area contributed by atoms with Crippen LogP contribution in [0.2, 0.25) is 0 Å². The molecule has 1 amide bonds. The van der Waals surface area contributed by atoms with E-state index >= 15 is 0 Å². The molecule has 1 atom stereocenters. The summed E-state index contributed by atoms with van der Waals surface area (Å²) in [5.74, 6) is -1.29. The fourth-order valence-electron chi connectivity index (χ4n) is 1.42. The van der Waals surface area contributed by atoms with E-state index in [2.05, 4.69) is 5.32 Å². The third-order valence-electron chi connectivity index (χ3n) is 2.86. The van der Waals surface area contributed by atoms with E-state index in [4.69, 9.17) is 5.73 Å². The lowest BCUT2D eigenvalue weighted by Crippen LogP contribution is -2.28. The van der Waals surface area contributed by atoms with Crippen molar-refractivity contribution in [2.24, 2.45) is 5.92 Å². The number of nitrogen functional groups attached to an aromatic ring is 1. The molecule has 19 heavy (non-hydrogen) atoms. The molecule has 0 saturated heterocycles. The van der Waals surface area contributed by atoms with Gasteiger partial charge in [0.25, 0.3) is 11.6 Å². The Kier molecular flexibility index (Phi) is 4.80. The van der Waals surface area contributed by atoms with E-state index in [-0.39, 0.29) is 17.2 Å². The van der Waals surface area contributed by atoms with Gasteiger partial charge in [0.05, 0.1) is 16.7 Å². The standard InChI is InChI=1S/C12H16FN3O3/c1-3-7(2)6-15-12(17)8-4-10(14)9(13)5-11(8)16(18)19/h4-5,7H,3,6,14H2,1-2H3,(H,15,17). The Hall–Kier alpha value is -2.18. The first-order valence-corrected chi connectivity index (χ1v) is 5.88. The quantitative estimate of drug-likeness (QED) is 0.485. The molecule has 0 aliphatic heterocycles. The number of rotatable bonds is 5. The average Bonchev–Trinajstić information content (AvgIpc) is 2.37. The molecular formula is C12H16FN3O3. The zero-order valence-electron chi connectivity index (χ0n) is 10.8. The van der Waals surface area contributed by atoms with Crippen molar-refractivity contribution < 1.29 is 14.1 Å². The summed E-state index contributed by atoms with van der Waals surface area (Å²) in [6.07, 6.45) is 0.869. The van der Waals surface area contributed by atoms with Gasteiger partial charge in [-0.1, -0.05) is 20.3 Å². The minimum atomic E-state index is -0.912. The van der Waals surface area contributed by atoms with Gasteiger partial charge in [0.15, 0.2) is 5.82 Å². The van der Waals surface area contributed by atoms with Crippen LogP contribution < -0.4 is 11.1 Å². The Morgan fingerprint density at radius 2 is 2.21 bits per heavy atom. The molecular weight excluding hydrogens is 253 g/mol. The SMILES string of the molecule is CCC(C)CNC(=O)c1cc(N)c(F)cc1[N+](=O)[O-]. The number of hydrogen-bond acceptors (Lipinski definition) is 4. The molecule has 0 aliphatic carbocycles. The van der Waals surface area contributed by atoms with Crippen LogP contribution in [0.3, 0.4) is 0 Å². The van der Waals surface area contributed by atoms with Crippen LogP contribution in [0, 0.1) is 21.8 Å². The minimum Gasteiger partial charge on any atom is -0.396 e. The predicted octanol–water partition coefficient (Wildman–Crippen LogP) is 2.09. The zero-order valence-corrected chi connectivity index (χ0v) is 10.8. The maximum absolute atomic E-state index is 13.2. The van der Waals surface area contributed by atoms with E-state index < -0.39 is 22.3 Å². The summed E-state index contributed by atoms with van der Waals surface area (Å²) >= 11 is 0. The van der Waals surface area contributed by atoms with Crippen molar-refractivity contribution in [1.29, 1.82) is 0 Å². The van der Waals surface area contributed by atoms with Gasteiger partial charge in [-0.3, -0.25) is 14.9 Å². The predicted molar refractivity (Wildman–Crippen MR) is 69.3 cm³/mol. The van der Waals surface area contributed by atoms with E-state index in [1.807, 2.05) is 13.8 Å². The Morgan fingerprint density at radius 3 is 2.74 bits per heavy atom. The van der Waals surface area contributed by atoms with Gasteiger partial charge in [-0.25, -0.2) is 4.39 Å². The van der Waals surface area contributed by atoms with E-state index in [1.54, 1.807) is 0 Å². The van der Waals surface area contributed by atoms with Crippen molar-refractivity contribution in [1.82, 2.24) is 5.32 Å². The van der Waals surface area contributed by atoms with Crippen molar-refractivity contribution >= 4 is 17.3 Å². The Morgan fingerprint density at radius 1 is 1.58 bits per heavy atom. The van der Waals surface area contributed by atoms with Gasteiger partial charge in [-0.2, -0.15) is 0 Å². The highest BCUT2D eigenvalue weighted by molar-refractivity contribution is 5.99. The summed E-state index contributed by atoms with van der Waals surface area (Å²) < 4.78 is 13.2. The molecule has 0 spiro atoms. The number of nitrogens with one attached hydrogen (secondary N) is 1. The molecule has 0 bridgehead atoms. The number of hydrogen-bond donors (Lipinski definition) is 2. The van der Waals surface area contributed by atoms with E-state index in [1.165, 1.54) is 0 Å². The number of benzene rings is 1. The monoisotopic (exact) mass is 269 g/mol. The first-order chi connectivity index (χ1) is 8.86. The number of nitrogens with zero attached hydrogens (tertiary/aromatic N) is 1. The van der Waals surface area contributed by atoms with Gasteiger partial charge in [0.2, 0.25) is 0 Å². The molecule has 104 valence electrons. The Balaban J connectivity index is 3.01. The summed E-state index contributed by atoms with van der Waals surface area (Å²) in [6, 6.07) is 1.65. The van der Waals surface area contributed by atoms with Crippen molar-refractivity contribution in [2.45, 2.75) is 20.3 Å². The van der Waals surface area contributed by atoms with Gasteiger partial charge in [-0.15, -0.1) is 0 Å². The molecule has 1 unspecified atom stereocenters. The summed E-state index contributed by atoms with van der Waals surface area (Å²) in [5, 5.41) is 13.4. The summed E-state index contributed by atoms with van der Waals surface area (Å²) in [4.78, 5) is 21.9. The maximum Gasteiger partial charge on any atom is 0.285 e. The van der Waals surface area contributed by atoms with Crippen LogP contribution in [0.5, 0.6) is 0 Å². The molecule has 6 nitrogen and oxygen atoms in total. The first-order valence-electron chi connectivity index (χ1n) is 5.88. The summed E-state index contributed by atoms with van der Waals surface area (Å²) in [6.45, 7) is 4.30. The molecule has 0 saturated carbocycles. The second-order valence-corrected chi connectivity index (χ2v) is 4.37. The molecule has 7 heteroatoms. The molecule has 3 N–H and O–H groups in total. The van der Waals surface area contributed by atoms with Crippen molar-refractivity contribution in [3.63, 3.8) is 0 Å². The molecule has 0 fully saturated rings. The van der Waals surface area contributed by atoms with E-state index in [9.17, 15) is 19.3 Å².